The van der Waals surface area contributed by atoms with E-state index in [0.29, 0.717) is 0 Å². The van der Waals surface area contributed by atoms with Crippen LogP contribution in [0.15, 0.2) is 53.3 Å². The first-order valence-corrected chi connectivity index (χ1v) is 7.39. The lowest BCUT2D eigenvalue weighted by Gasteiger charge is -2.06. The molecule has 0 saturated carbocycles. The van der Waals surface area contributed by atoms with E-state index in [-0.39, 0.29) is 0 Å². The first kappa shape index (κ1) is 13.3. The second-order valence-corrected chi connectivity index (χ2v) is 5.63. The highest BCUT2D eigenvalue weighted by molar-refractivity contribution is 9.10. The molecular weight excluding hydrogens is 314 g/mol. The van der Waals surface area contributed by atoms with Crippen LogP contribution in [0.4, 0.5) is 0 Å². The molecule has 0 spiro atoms. The van der Waals surface area contributed by atoms with Gasteiger partial charge in [-0.1, -0.05) is 34.1 Å². The van der Waals surface area contributed by atoms with E-state index >= 15 is 0 Å². The normalized spacial score (nSPS) is 11.1. The van der Waals surface area contributed by atoms with Crippen LogP contribution in [0, 0.1) is 0 Å². The molecule has 0 aliphatic carbocycles. The Balaban J connectivity index is 2.05. The van der Waals surface area contributed by atoms with Crippen molar-refractivity contribution in [1.82, 2.24) is 14.9 Å². The highest BCUT2D eigenvalue weighted by Gasteiger charge is 2.09. The summed E-state index contributed by atoms with van der Waals surface area (Å²) in [5.74, 6) is 0. The monoisotopic (exact) mass is 329 g/mol. The second kappa shape index (κ2) is 5.77. The Hall–Kier alpha value is -1.65. The molecule has 2 aromatic heterocycles. The number of aromatic nitrogens is 2. The van der Waals surface area contributed by atoms with Crippen molar-refractivity contribution >= 4 is 27.0 Å². The number of benzene rings is 1. The van der Waals surface area contributed by atoms with Gasteiger partial charge in [-0.3, -0.25) is 0 Å². The summed E-state index contributed by atoms with van der Waals surface area (Å²) in [6.45, 7) is 1.67. The van der Waals surface area contributed by atoms with Crippen LogP contribution in [0.3, 0.4) is 0 Å². The summed E-state index contributed by atoms with van der Waals surface area (Å²) in [7, 11) is 1.97. The fourth-order valence-electron chi connectivity index (χ4n) is 2.46. The predicted molar refractivity (Wildman–Crippen MR) is 85.7 cm³/mol. The number of fused-ring (bicyclic) bond motifs is 1. The molecule has 4 heteroatoms. The Bertz CT molecular complexity index is 733. The summed E-state index contributed by atoms with van der Waals surface area (Å²) in [6, 6.07) is 12.4. The van der Waals surface area contributed by atoms with Gasteiger partial charge in [0.15, 0.2) is 0 Å². The minimum Gasteiger partial charge on any atom is -0.328 e. The second-order valence-electron chi connectivity index (χ2n) is 4.78. The SMILES string of the molecule is CNCc1cn(Cc2ccccc2Br)c2ncccc12. The van der Waals surface area contributed by atoms with E-state index in [1.54, 1.807) is 0 Å². The molecule has 2 heterocycles. The van der Waals surface area contributed by atoms with Gasteiger partial charge in [0, 0.05) is 28.8 Å². The molecule has 0 unspecified atom stereocenters. The van der Waals surface area contributed by atoms with Crippen LogP contribution in [-0.2, 0) is 13.1 Å². The Kier molecular flexibility index (Phi) is 3.85. The van der Waals surface area contributed by atoms with Crippen molar-refractivity contribution in [2.24, 2.45) is 0 Å². The molecule has 0 radical (unpaired) electrons. The molecule has 0 bridgehead atoms. The van der Waals surface area contributed by atoms with E-state index in [2.05, 4.69) is 61.3 Å². The van der Waals surface area contributed by atoms with E-state index < -0.39 is 0 Å². The lowest BCUT2D eigenvalue weighted by atomic mass is 10.2. The van der Waals surface area contributed by atoms with Crippen LogP contribution in [-0.4, -0.2) is 16.6 Å². The maximum Gasteiger partial charge on any atom is 0.140 e. The zero-order valence-corrected chi connectivity index (χ0v) is 12.9. The fraction of sp³-hybridized carbons (Fsp3) is 0.188. The molecule has 1 N–H and O–H groups in total. The van der Waals surface area contributed by atoms with Crippen molar-refractivity contribution < 1.29 is 0 Å². The zero-order valence-electron chi connectivity index (χ0n) is 11.3. The molecule has 3 rings (SSSR count). The van der Waals surface area contributed by atoms with Gasteiger partial charge in [-0.2, -0.15) is 0 Å². The van der Waals surface area contributed by atoms with Crippen LogP contribution >= 0.6 is 15.9 Å². The first-order chi connectivity index (χ1) is 9.79. The first-order valence-electron chi connectivity index (χ1n) is 6.60. The molecule has 0 atom stereocenters. The average molecular weight is 330 g/mol. The molecule has 0 saturated heterocycles. The lowest BCUT2D eigenvalue weighted by molar-refractivity contribution is 0.790. The molecule has 20 heavy (non-hydrogen) atoms. The van der Waals surface area contributed by atoms with Gasteiger partial charge in [0.05, 0.1) is 6.54 Å². The van der Waals surface area contributed by atoms with Crippen LogP contribution in [0.5, 0.6) is 0 Å². The third-order valence-electron chi connectivity index (χ3n) is 3.38. The van der Waals surface area contributed by atoms with Gasteiger partial charge in [-0.05, 0) is 36.4 Å². The maximum absolute atomic E-state index is 4.53. The molecule has 102 valence electrons. The van der Waals surface area contributed by atoms with Gasteiger partial charge in [-0.25, -0.2) is 4.98 Å². The molecule has 3 nitrogen and oxygen atoms in total. The third kappa shape index (κ3) is 2.49. The highest BCUT2D eigenvalue weighted by atomic mass is 79.9. The van der Waals surface area contributed by atoms with Crippen LogP contribution in [0.25, 0.3) is 11.0 Å². The summed E-state index contributed by atoms with van der Waals surface area (Å²) >= 11 is 3.61. The summed E-state index contributed by atoms with van der Waals surface area (Å²) in [6.07, 6.45) is 4.04. The predicted octanol–water partition coefficient (Wildman–Crippen LogP) is 3.57. The maximum atomic E-state index is 4.53. The van der Waals surface area contributed by atoms with Crippen molar-refractivity contribution in [2.45, 2.75) is 13.1 Å². The van der Waals surface area contributed by atoms with E-state index in [1.165, 1.54) is 16.5 Å². The Labute approximate surface area is 126 Å². The highest BCUT2D eigenvalue weighted by Crippen LogP contribution is 2.23. The number of nitrogens with zero attached hydrogens (tertiary/aromatic N) is 2. The molecule has 0 fully saturated rings. The minimum atomic E-state index is 0.818. The van der Waals surface area contributed by atoms with Crippen molar-refractivity contribution in [1.29, 1.82) is 0 Å². The van der Waals surface area contributed by atoms with Crippen molar-refractivity contribution in [3.05, 3.63) is 64.4 Å². The summed E-state index contributed by atoms with van der Waals surface area (Å²) < 4.78 is 3.34. The van der Waals surface area contributed by atoms with Gasteiger partial charge in [0.2, 0.25) is 0 Å². The summed E-state index contributed by atoms with van der Waals surface area (Å²) in [5, 5.41) is 4.43. The van der Waals surface area contributed by atoms with Crippen LogP contribution in [0.2, 0.25) is 0 Å². The minimum absolute atomic E-state index is 0.818. The standard InChI is InChI=1S/C16H16BrN3/c1-18-9-13-11-20(16-14(13)6-4-8-19-16)10-12-5-2-3-7-15(12)17/h2-8,11,18H,9-10H2,1H3. The van der Waals surface area contributed by atoms with Gasteiger partial charge >= 0.3 is 0 Å². The smallest absolute Gasteiger partial charge is 0.140 e. The molecule has 0 amide bonds. The Morgan fingerprint density at radius 2 is 2.00 bits per heavy atom. The van der Waals surface area contributed by atoms with Crippen LogP contribution < -0.4 is 5.32 Å². The molecular formula is C16H16BrN3. The average Bonchev–Trinajstić information content (AvgIpc) is 2.81. The molecule has 0 aliphatic rings. The van der Waals surface area contributed by atoms with E-state index in [9.17, 15) is 0 Å². The van der Waals surface area contributed by atoms with E-state index in [0.717, 1.165) is 23.2 Å². The quantitative estimate of drug-likeness (QED) is 0.793. The number of nitrogens with one attached hydrogen (secondary N) is 1. The van der Waals surface area contributed by atoms with Crippen molar-refractivity contribution in [3.8, 4) is 0 Å². The number of halogens is 1. The fourth-order valence-corrected chi connectivity index (χ4v) is 2.87. The van der Waals surface area contributed by atoms with Crippen LogP contribution in [0.1, 0.15) is 11.1 Å². The van der Waals surface area contributed by atoms with Gasteiger partial charge in [0.25, 0.3) is 0 Å². The zero-order chi connectivity index (χ0) is 13.9. The number of rotatable bonds is 4. The lowest BCUT2D eigenvalue weighted by Crippen LogP contribution is -2.04. The van der Waals surface area contributed by atoms with Gasteiger partial charge in [0.1, 0.15) is 5.65 Å². The van der Waals surface area contributed by atoms with Gasteiger partial charge < -0.3 is 9.88 Å². The third-order valence-corrected chi connectivity index (χ3v) is 4.16. The molecule has 1 aromatic carbocycles. The molecule has 0 aliphatic heterocycles. The summed E-state index contributed by atoms with van der Waals surface area (Å²) in [4.78, 5) is 4.53. The van der Waals surface area contributed by atoms with E-state index in [1.807, 2.05) is 25.4 Å². The molecule has 3 aromatic rings. The summed E-state index contributed by atoms with van der Waals surface area (Å²) in [5.41, 5.74) is 3.57. The van der Waals surface area contributed by atoms with Crippen molar-refractivity contribution in [3.63, 3.8) is 0 Å². The van der Waals surface area contributed by atoms with Gasteiger partial charge in [-0.15, -0.1) is 0 Å². The largest absolute Gasteiger partial charge is 0.328 e. The number of pyridine rings is 1. The Morgan fingerprint density at radius 3 is 2.80 bits per heavy atom. The van der Waals surface area contributed by atoms with Crippen molar-refractivity contribution in [2.75, 3.05) is 7.05 Å². The number of hydrogen-bond acceptors (Lipinski definition) is 2. The Morgan fingerprint density at radius 1 is 1.15 bits per heavy atom. The number of hydrogen-bond donors (Lipinski definition) is 1. The van der Waals surface area contributed by atoms with E-state index in [4.69, 9.17) is 0 Å². The topological polar surface area (TPSA) is 29.9 Å².